The molecular weight excluding hydrogens is 325 g/mol. The van der Waals surface area contributed by atoms with Crippen LogP contribution in [0.5, 0.6) is 0 Å². The Kier molecular flexibility index (Phi) is 6.28. The van der Waals surface area contributed by atoms with Crippen molar-refractivity contribution in [2.45, 2.75) is 19.6 Å². The van der Waals surface area contributed by atoms with Crippen LogP contribution in [-0.2, 0) is 24.2 Å². The first kappa shape index (κ1) is 18.6. The fraction of sp³-hybridized carbons (Fsp3) is 0.308. The van der Waals surface area contributed by atoms with Crippen molar-refractivity contribution in [2.75, 3.05) is 6.16 Å². The average molecular weight is 341 g/mol. The second kappa shape index (κ2) is 7.74. The van der Waals surface area contributed by atoms with Crippen molar-refractivity contribution in [1.29, 1.82) is 0 Å². The Morgan fingerprint density at radius 3 is 1.74 bits per heavy atom. The molecule has 0 aliphatic rings. The van der Waals surface area contributed by atoms with E-state index in [0.717, 1.165) is 9.13 Å². The molecule has 0 unspecified atom stereocenters. The zero-order chi connectivity index (χ0) is 17.6. The third kappa shape index (κ3) is 4.79. The highest BCUT2D eigenvalue weighted by atomic mass is 31.2. The number of aromatic nitrogens is 3. The number of hydrogen-bond donors (Lipinski definition) is 2. The van der Waals surface area contributed by atoms with Crippen LogP contribution in [0, 0.1) is 11.8 Å². The van der Waals surface area contributed by atoms with Gasteiger partial charge in [0.2, 0.25) is 0 Å². The van der Waals surface area contributed by atoms with E-state index in [1.54, 1.807) is 0 Å². The molecule has 1 aromatic rings. The normalized spacial score (nSPS) is 10.7. The second-order valence-electron chi connectivity index (χ2n) is 4.41. The molecule has 1 aromatic heterocycles. The van der Waals surface area contributed by atoms with Gasteiger partial charge in [-0.25, -0.2) is 28.1 Å². The van der Waals surface area contributed by atoms with E-state index in [2.05, 4.69) is 25.0 Å². The van der Waals surface area contributed by atoms with Crippen LogP contribution in [0.15, 0.2) is 39.7 Å². The van der Waals surface area contributed by atoms with Gasteiger partial charge in [-0.1, -0.05) is 24.0 Å². The van der Waals surface area contributed by atoms with Crippen molar-refractivity contribution in [3.63, 3.8) is 0 Å². The largest absolute Gasteiger partial charge is 0.337 e. The molecule has 1 heterocycles. The van der Waals surface area contributed by atoms with Gasteiger partial charge in [-0.3, -0.25) is 4.57 Å². The Balaban J connectivity index is 3.41. The summed E-state index contributed by atoms with van der Waals surface area (Å²) in [4.78, 5) is 53.8. The van der Waals surface area contributed by atoms with Gasteiger partial charge in [-0.2, -0.15) is 0 Å². The molecule has 0 saturated carbocycles. The Morgan fingerprint density at radius 1 is 0.913 bits per heavy atom. The van der Waals surface area contributed by atoms with Gasteiger partial charge in [-0.15, -0.1) is 13.2 Å². The van der Waals surface area contributed by atoms with Gasteiger partial charge in [0.1, 0.15) is 6.16 Å². The van der Waals surface area contributed by atoms with Crippen LogP contribution in [0.2, 0.25) is 0 Å². The topological polar surface area (TPSA) is 124 Å². The maximum atomic E-state index is 12.2. The molecule has 1 rings (SSSR count). The van der Waals surface area contributed by atoms with E-state index in [9.17, 15) is 18.9 Å². The molecule has 0 bridgehead atoms. The smallest absolute Gasteiger partial charge is 0.324 e. The van der Waals surface area contributed by atoms with Crippen LogP contribution in [-0.4, -0.2) is 29.7 Å². The minimum absolute atomic E-state index is 0.0923. The van der Waals surface area contributed by atoms with Crippen LogP contribution in [0.3, 0.4) is 0 Å². The Morgan fingerprint density at radius 2 is 1.35 bits per heavy atom. The predicted molar refractivity (Wildman–Crippen MR) is 84.3 cm³/mol. The van der Waals surface area contributed by atoms with E-state index in [1.807, 2.05) is 0 Å². The molecule has 0 spiro atoms. The zero-order valence-corrected chi connectivity index (χ0v) is 13.1. The molecule has 0 atom stereocenters. The molecule has 23 heavy (non-hydrogen) atoms. The maximum absolute atomic E-state index is 12.2. The lowest BCUT2D eigenvalue weighted by Gasteiger charge is -2.10. The molecule has 0 fully saturated rings. The average Bonchev–Trinajstić information content (AvgIpc) is 2.46. The summed E-state index contributed by atoms with van der Waals surface area (Å²) in [6.45, 7) is 6.30. The summed E-state index contributed by atoms with van der Waals surface area (Å²) < 4.78 is 13.0. The summed E-state index contributed by atoms with van der Waals surface area (Å²) in [5.41, 5.74) is -2.53. The fourth-order valence-corrected chi connectivity index (χ4v) is 2.00. The summed E-state index contributed by atoms with van der Waals surface area (Å²) in [6, 6.07) is 0. The van der Waals surface area contributed by atoms with Crippen molar-refractivity contribution >= 4 is 7.60 Å². The Labute approximate surface area is 131 Å². The van der Waals surface area contributed by atoms with Gasteiger partial charge >= 0.3 is 24.7 Å². The van der Waals surface area contributed by atoms with Gasteiger partial charge in [0, 0.05) is 0 Å². The van der Waals surface area contributed by atoms with Crippen molar-refractivity contribution < 1.29 is 14.4 Å². The first-order valence-corrected chi connectivity index (χ1v) is 8.19. The molecule has 0 aliphatic carbocycles. The van der Waals surface area contributed by atoms with Crippen molar-refractivity contribution in [1.82, 2.24) is 13.7 Å². The highest BCUT2D eigenvalue weighted by Crippen LogP contribution is 2.32. The van der Waals surface area contributed by atoms with Crippen LogP contribution >= 0.6 is 7.60 Å². The van der Waals surface area contributed by atoms with Gasteiger partial charge in [-0.05, 0) is 0 Å². The predicted octanol–water partition coefficient (Wildman–Crippen LogP) is -1.28. The fourth-order valence-electron chi connectivity index (χ4n) is 1.68. The monoisotopic (exact) mass is 341 g/mol. The third-order valence-electron chi connectivity index (χ3n) is 2.66. The minimum Gasteiger partial charge on any atom is -0.324 e. The lowest BCUT2D eigenvalue weighted by atomic mass is 10.5. The van der Waals surface area contributed by atoms with Crippen molar-refractivity contribution in [3.05, 3.63) is 56.8 Å². The van der Waals surface area contributed by atoms with Crippen molar-refractivity contribution in [3.8, 4) is 11.8 Å². The molecule has 124 valence electrons. The van der Waals surface area contributed by atoms with Gasteiger partial charge in [0.25, 0.3) is 0 Å². The maximum Gasteiger partial charge on any atom is 0.337 e. The Hall–Kier alpha value is -2.40. The van der Waals surface area contributed by atoms with E-state index >= 15 is 0 Å². The highest BCUT2D eigenvalue weighted by molar-refractivity contribution is 7.52. The summed E-state index contributed by atoms with van der Waals surface area (Å²) in [7, 11) is -4.28. The number of nitrogens with zero attached hydrogens (tertiary/aromatic N) is 3. The van der Waals surface area contributed by atoms with Crippen LogP contribution in [0.4, 0.5) is 0 Å². The zero-order valence-electron chi connectivity index (χ0n) is 12.2. The number of rotatable bonds is 6. The van der Waals surface area contributed by atoms with Crippen LogP contribution in [0.25, 0.3) is 0 Å². The third-order valence-corrected chi connectivity index (χ3v) is 3.23. The molecule has 0 aliphatic heterocycles. The van der Waals surface area contributed by atoms with E-state index in [-0.39, 0.29) is 13.1 Å². The molecule has 0 saturated heterocycles. The molecule has 0 radical (unpaired) electrons. The van der Waals surface area contributed by atoms with Crippen molar-refractivity contribution in [2.24, 2.45) is 0 Å². The molecule has 9 nitrogen and oxygen atoms in total. The molecule has 0 aromatic carbocycles. The van der Waals surface area contributed by atoms with E-state index in [4.69, 9.17) is 9.79 Å². The molecule has 2 N–H and O–H groups in total. The summed E-state index contributed by atoms with van der Waals surface area (Å²) in [5, 5.41) is 0. The quantitative estimate of drug-likeness (QED) is 0.378. The minimum atomic E-state index is -4.28. The van der Waals surface area contributed by atoms with Crippen LogP contribution < -0.4 is 17.1 Å². The number of hydrogen-bond acceptors (Lipinski definition) is 4. The summed E-state index contributed by atoms with van der Waals surface area (Å²) >= 11 is 0. The first-order chi connectivity index (χ1) is 10.7. The van der Waals surface area contributed by atoms with E-state index in [0.29, 0.717) is 4.57 Å². The van der Waals surface area contributed by atoms with Gasteiger partial charge in [0.15, 0.2) is 0 Å². The first-order valence-electron chi connectivity index (χ1n) is 6.39. The molecule has 10 heteroatoms. The standard InChI is InChI=1S/C13H16N3O6P/c1-3-7-14-11(17)15(8-4-2)13(19)16(12(14)18)9-5-6-10-23(20,21)22/h3-4H,1-2,7-10H2,(H2,20,21,22). The second-order valence-corrected chi connectivity index (χ2v) is 6.05. The van der Waals surface area contributed by atoms with E-state index < -0.39 is 37.4 Å². The lowest BCUT2D eigenvalue weighted by molar-refractivity contribution is 0.377. The lowest BCUT2D eigenvalue weighted by Crippen LogP contribution is -2.54. The SMILES string of the molecule is C=CCn1c(=O)n(CC#CCP(=O)(O)O)c(=O)n(CC=C)c1=O. The van der Waals surface area contributed by atoms with Gasteiger partial charge in [0.05, 0.1) is 19.6 Å². The van der Waals surface area contributed by atoms with E-state index in [1.165, 1.54) is 12.2 Å². The molecule has 0 amide bonds. The van der Waals surface area contributed by atoms with Crippen LogP contribution in [0.1, 0.15) is 0 Å². The molecular formula is C13H16N3O6P. The Bertz CT molecular complexity index is 841. The summed E-state index contributed by atoms with van der Waals surface area (Å²) in [6.07, 6.45) is 1.97. The summed E-state index contributed by atoms with van der Waals surface area (Å²) in [5.74, 6) is 4.54. The number of allylic oxidation sites excluding steroid dienone is 2. The van der Waals surface area contributed by atoms with Gasteiger partial charge < -0.3 is 9.79 Å². The highest BCUT2D eigenvalue weighted by Gasteiger charge is 2.13.